The maximum atomic E-state index is 11.7. The molecule has 0 spiro atoms. The van der Waals surface area contributed by atoms with Crippen molar-refractivity contribution in [1.29, 1.82) is 0 Å². The largest absolute Gasteiger partial charge is 0.378 e. The first-order valence-corrected chi connectivity index (χ1v) is 10.2. The van der Waals surface area contributed by atoms with Crippen molar-refractivity contribution in [3.63, 3.8) is 0 Å². The van der Waals surface area contributed by atoms with E-state index in [0.29, 0.717) is 50.3 Å². The van der Waals surface area contributed by atoms with Crippen LogP contribution in [0.5, 0.6) is 0 Å². The van der Waals surface area contributed by atoms with Gasteiger partial charge >= 0.3 is 0 Å². The van der Waals surface area contributed by atoms with E-state index in [9.17, 15) is 8.42 Å². The van der Waals surface area contributed by atoms with Crippen LogP contribution in [0.1, 0.15) is 18.9 Å². The monoisotopic (exact) mass is 367 g/mol. The van der Waals surface area contributed by atoms with Gasteiger partial charge in [0, 0.05) is 26.2 Å². The van der Waals surface area contributed by atoms with Crippen LogP contribution < -0.4 is 4.90 Å². The second kappa shape index (κ2) is 6.46. The standard InChI is InChI=1S/C14H21N7O3S/c1-25(22,23)20-4-2-11(3-5-20)21-14-12(17-18-21)13(15-10-16-14)19-6-8-24-9-7-19/h10-11H,2-9H2,1H3. The lowest BCUT2D eigenvalue weighted by molar-refractivity contribution is 0.122. The highest BCUT2D eigenvalue weighted by atomic mass is 32.2. The second-order valence-electron chi connectivity index (χ2n) is 6.40. The Kier molecular flexibility index (Phi) is 4.29. The molecule has 25 heavy (non-hydrogen) atoms. The van der Waals surface area contributed by atoms with Crippen molar-refractivity contribution in [3.8, 4) is 0 Å². The zero-order valence-electron chi connectivity index (χ0n) is 14.1. The fourth-order valence-corrected chi connectivity index (χ4v) is 4.30. The molecule has 0 atom stereocenters. The lowest BCUT2D eigenvalue weighted by atomic mass is 10.1. The Bertz CT molecular complexity index is 854. The van der Waals surface area contributed by atoms with E-state index in [1.54, 1.807) is 6.33 Å². The Hall–Kier alpha value is -1.85. The summed E-state index contributed by atoms with van der Waals surface area (Å²) in [6, 6.07) is 0.0930. The van der Waals surface area contributed by atoms with Gasteiger partial charge in [0.1, 0.15) is 6.33 Å². The number of fused-ring (bicyclic) bond motifs is 1. The molecule has 4 heterocycles. The van der Waals surface area contributed by atoms with E-state index in [1.165, 1.54) is 10.6 Å². The molecule has 2 aliphatic heterocycles. The van der Waals surface area contributed by atoms with Gasteiger partial charge in [0.2, 0.25) is 10.0 Å². The van der Waals surface area contributed by atoms with E-state index in [1.807, 2.05) is 4.68 Å². The first-order chi connectivity index (χ1) is 12.0. The third kappa shape index (κ3) is 3.18. The van der Waals surface area contributed by atoms with Crippen molar-refractivity contribution in [3.05, 3.63) is 6.33 Å². The Morgan fingerprint density at radius 3 is 2.52 bits per heavy atom. The maximum absolute atomic E-state index is 11.7. The van der Waals surface area contributed by atoms with E-state index in [-0.39, 0.29) is 6.04 Å². The lowest BCUT2D eigenvalue weighted by Gasteiger charge is -2.30. The molecule has 0 amide bonds. The van der Waals surface area contributed by atoms with E-state index >= 15 is 0 Å². The highest BCUT2D eigenvalue weighted by molar-refractivity contribution is 7.88. The number of hydrogen-bond acceptors (Lipinski definition) is 8. The van der Waals surface area contributed by atoms with Gasteiger partial charge in [-0.15, -0.1) is 5.10 Å². The molecule has 11 heteroatoms. The van der Waals surface area contributed by atoms with E-state index in [0.717, 1.165) is 18.9 Å². The first kappa shape index (κ1) is 16.6. The van der Waals surface area contributed by atoms with Gasteiger partial charge in [0.05, 0.1) is 25.5 Å². The first-order valence-electron chi connectivity index (χ1n) is 8.38. The van der Waals surface area contributed by atoms with Crippen molar-refractivity contribution in [1.82, 2.24) is 29.3 Å². The Labute approximate surface area is 145 Å². The van der Waals surface area contributed by atoms with Crippen LogP contribution >= 0.6 is 0 Å². The smallest absolute Gasteiger partial charge is 0.211 e. The minimum atomic E-state index is -3.14. The summed E-state index contributed by atoms with van der Waals surface area (Å²) < 4.78 is 32.1. The number of aromatic nitrogens is 5. The predicted molar refractivity (Wildman–Crippen MR) is 90.8 cm³/mol. The summed E-state index contributed by atoms with van der Waals surface area (Å²) in [5.74, 6) is 0.785. The number of anilines is 1. The number of hydrogen-bond donors (Lipinski definition) is 0. The fraction of sp³-hybridized carbons (Fsp3) is 0.714. The van der Waals surface area contributed by atoms with E-state index in [2.05, 4.69) is 25.2 Å². The third-order valence-corrected chi connectivity index (χ3v) is 6.09. The number of morpholine rings is 1. The molecule has 0 unspecified atom stereocenters. The zero-order chi connectivity index (χ0) is 17.4. The summed E-state index contributed by atoms with van der Waals surface area (Å²) in [4.78, 5) is 10.9. The summed E-state index contributed by atoms with van der Waals surface area (Å²) in [6.07, 6.45) is 4.18. The topological polar surface area (TPSA) is 106 Å². The van der Waals surface area contributed by atoms with Crippen LogP contribution in [0.15, 0.2) is 6.33 Å². The van der Waals surface area contributed by atoms with Crippen LogP contribution in [0.3, 0.4) is 0 Å². The molecule has 2 aromatic heterocycles. The average Bonchev–Trinajstić information content (AvgIpc) is 3.06. The fourth-order valence-electron chi connectivity index (χ4n) is 3.42. The van der Waals surface area contributed by atoms with Crippen molar-refractivity contribution in [2.24, 2.45) is 0 Å². The van der Waals surface area contributed by atoms with Crippen LogP contribution in [0, 0.1) is 0 Å². The molecule has 136 valence electrons. The molecule has 2 aromatic rings. The van der Waals surface area contributed by atoms with Crippen molar-refractivity contribution in [2.75, 3.05) is 50.5 Å². The SMILES string of the molecule is CS(=O)(=O)N1CCC(n2nnc3c(N4CCOCC4)ncnc32)CC1. The molecule has 2 saturated heterocycles. The average molecular weight is 367 g/mol. The second-order valence-corrected chi connectivity index (χ2v) is 8.38. The summed E-state index contributed by atoms with van der Waals surface area (Å²) in [7, 11) is -3.14. The van der Waals surface area contributed by atoms with Crippen LogP contribution in [-0.4, -0.2) is 83.3 Å². The van der Waals surface area contributed by atoms with Gasteiger partial charge in [-0.05, 0) is 12.8 Å². The molecular weight excluding hydrogens is 346 g/mol. The highest BCUT2D eigenvalue weighted by Gasteiger charge is 2.28. The molecular formula is C14H21N7O3S. The maximum Gasteiger partial charge on any atom is 0.211 e. The van der Waals surface area contributed by atoms with Crippen LogP contribution in [0.4, 0.5) is 5.82 Å². The molecule has 0 aliphatic carbocycles. The van der Waals surface area contributed by atoms with Crippen LogP contribution in [0.25, 0.3) is 11.2 Å². The highest BCUT2D eigenvalue weighted by Crippen LogP contribution is 2.28. The molecule has 4 rings (SSSR count). The molecule has 2 fully saturated rings. The molecule has 10 nitrogen and oxygen atoms in total. The summed E-state index contributed by atoms with van der Waals surface area (Å²) in [6.45, 7) is 3.86. The van der Waals surface area contributed by atoms with Crippen LogP contribution in [-0.2, 0) is 14.8 Å². The van der Waals surface area contributed by atoms with Crippen molar-refractivity contribution in [2.45, 2.75) is 18.9 Å². The molecule has 0 bridgehead atoms. The van der Waals surface area contributed by atoms with Gasteiger partial charge in [0.15, 0.2) is 17.0 Å². The van der Waals surface area contributed by atoms with Crippen molar-refractivity contribution < 1.29 is 13.2 Å². The van der Waals surface area contributed by atoms with E-state index in [4.69, 9.17) is 4.74 Å². The summed E-state index contributed by atoms with van der Waals surface area (Å²) >= 11 is 0. The number of nitrogens with zero attached hydrogens (tertiary/aromatic N) is 7. The predicted octanol–water partition coefficient (Wildman–Crippen LogP) is -0.346. The van der Waals surface area contributed by atoms with Gasteiger partial charge in [-0.3, -0.25) is 0 Å². The number of piperidine rings is 1. The molecule has 0 saturated carbocycles. The Balaban J connectivity index is 1.59. The van der Waals surface area contributed by atoms with Crippen LogP contribution in [0.2, 0.25) is 0 Å². The van der Waals surface area contributed by atoms with E-state index < -0.39 is 10.0 Å². The Morgan fingerprint density at radius 2 is 1.84 bits per heavy atom. The van der Waals surface area contributed by atoms with Gasteiger partial charge in [-0.2, -0.15) is 0 Å². The van der Waals surface area contributed by atoms with Gasteiger partial charge < -0.3 is 9.64 Å². The number of rotatable bonds is 3. The minimum Gasteiger partial charge on any atom is -0.378 e. The minimum absolute atomic E-state index is 0.0930. The lowest BCUT2D eigenvalue weighted by Crippen LogP contribution is -2.38. The number of ether oxygens (including phenoxy) is 1. The normalized spacial score (nSPS) is 21.1. The zero-order valence-corrected chi connectivity index (χ0v) is 14.9. The molecule has 0 radical (unpaired) electrons. The van der Waals surface area contributed by atoms with Crippen molar-refractivity contribution >= 4 is 27.0 Å². The Morgan fingerprint density at radius 1 is 1.12 bits per heavy atom. The van der Waals surface area contributed by atoms with Gasteiger partial charge in [0.25, 0.3) is 0 Å². The summed E-state index contributed by atoms with van der Waals surface area (Å²) in [5.41, 5.74) is 1.39. The molecule has 0 aromatic carbocycles. The van der Waals surface area contributed by atoms with Gasteiger partial charge in [-0.1, -0.05) is 5.21 Å². The quantitative estimate of drug-likeness (QED) is 0.725. The molecule has 2 aliphatic rings. The van der Waals surface area contributed by atoms with Gasteiger partial charge in [-0.25, -0.2) is 27.4 Å². The third-order valence-electron chi connectivity index (χ3n) is 4.79. The number of sulfonamides is 1. The molecule has 0 N–H and O–H groups in total. The summed E-state index contributed by atoms with van der Waals surface area (Å²) in [5, 5.41) is 8.61.